The van der Waals surface area contributed by atoms with Crippen molar-refractivity contribution in [3.05, 3.63) is 17.3 Å². The van der Waals surface area contributed by atoms with Gasteiger partial charge in [-0.05, 0) is 13.0 Å². The third-order valence-electron chi connectivity index (χ3n) is 1.97. The summed E-state index contributed by atoms with van der Waals surface area (Å²) in [6, 6.07) is 0.985. The molecule has 0 atom stereocenters. The van der Waals surface area contributed by atoms with Crippen molar-refractivity contribution in [2.45, 2.75) is 13.3 Å². The lowest BCUT2D eigenvalue weighted by Crippen LogP contribution is -2.13. The van der Waals surface area contributed by atoms with E-state index in [-0.39, 0.29) is 18.2 Å². The van der Waals surface area contributed by atoms with Crippen LogP contribution in [-0.4, -0.2) is 24.7 Å². The molecule has 2 N–H and O–H groups in total. The van der Waals surface area contributed by atoms with Crippen LogP contribution in [-0.2, 0) is 4.74 Å². The number of nitrogen functional groups attached to an aromatic ring is 1. The Morgan fingerprint density at radius 1 is 1.59 bits per heavy atom. The van der Waals surface area contributed by atoms with Crippen LogP contribution in [0.3, 0.4) is 0 Å². The molecule has 0 unspecified atom stereocenters. The summed E-state index contributed by atoms with van der Waals surface area (Å²) < 4.78 is 34.8. The molecule has 17 heavy (non-hydrogen) atoms. The smallest absolute Gasteiger partial charge is 0.357 e. The average molecular weight is 246 g/mol. The number of halogens is 2. The van der Waals surface area contributed by atoms with Crippen molar-refractivity contribution in [1.29, 1.82) is 0 Å². The van der Waals surface area contributed by atoms with Crippen LogP contribution in [0.15, 0.2) is 6.07 Å². The van der Waals surface area contributed by atoms with Gasteiger partial charge in [0.1, 0.15) is 0 Å². The molecule has 0 aliphatic carbocycles. The topological polar surface area (TPSA) is 74.4 Å². The first-order valence-electron chi connectivity index (χ1n) is 4.80. The molecular formula is C10H12F2N2O3. The highest BCUT2D eigenvalue weighted by Crippen LogP contribution is 2.29. The standard InChI is InChI=1S/C10H12F2N2O3/c1-3-17-10(15)7-5(8(11)12)4-6(16-2)9(13)14-7/h4,8H,3H2,1-2H3,(H2,13,14). The maximum atomic E-state index is 12.7. The number of nitrogens with two attached hydrogens (primary N) is 1. The van der Waals surface area contributed by atoms with Crippen molar-refractivity contribution in [1.82, 2.24) is 4.98 Å². The molecule has 1 heterocycles. The predicted octanol–water partition coefficient (Wildman–Crippen LogP) is 1.79. The first-order chi connectivity index (χ1) is 8.01. The van der Waals surface area contributed by atoms with Crippen LogP contribution in [0.1, 0.15) is 29.4 Å². The molecule has 1 aromatic heterocycles. The molecular weight excluding hydrogens is 234 g/mol. The van der Waals surface area contributed by atoms with E-state index in [1.807, 2.05) is 0 Å². The predicted molar refractivity (Wildman–Crippen MR) is 56.1 cm³/mol. The first kappa shape index (κ1) is 13.1. The Balaban J connectivity index is 3.27. The highest BCUT2D eigenvalue weighted by atomic mass is 19.3. The summed E-state index contributed by atoms with van der Waals surface area (Å²) in [4.78, 5) is 15.0. The van der Waals surface area contributed by atoms with Gasteiger partial charge in [0, 0.05) is 0 Å². The third kappa shape index (κ3) is 2.80. The summed E-state index contributed by atoms with van der Waals surface area (Å²) in [5.41, 5.74) is 4.40. The molecule has 0 aliphatic rings. The lowest BCUT2D eigenvalue weighted by molar-refractivity contribution is 0.0507. The molecule has 94 valence electrons. The van der Waals surface area contributed by atoms with E-state index in [2.05, 4.69) is 9.72 Å². The lowest BCUT2D eigenvalue weighted by atomic mass is 10.2. The second-order valence-electron chi connectivity index (χ2n) is 3.03. The van der Waals surface area contributed by atoms with Gasteiger partial charge in [0.15, 0.2) is 17.3 Å². The van der Waals surface area contributed by atoms with Gasteiger partial charge in [0.05, 0.1) is 19.3 Å². The van der Waals surface area contributed by atoms with Gasteiger partial charge in [-0.3, -0.25) is 0 Å². The largest absolute Gasteiger partial charge is 0.493 e. The van der Waals surface area contributed by atoms with Crippen molar-refractivity contribution in [3.63, 3.8) is 0 Å². The number of esters is 1. The molecule has 5 nitrogen and oxygen atoms in total. The van der Waals surface area contributed by atoms with Gasteiger partial charge >= 0.3 is 5.97 Å². The van der Waals surface area contributed by atoms with Crippen LogP contribution in [0.25, 0.3) is 0 Å². The molecule has 0 spiro atoms. The van der Waals surface area contributed by atoms with Crippen LogP contribution in [0.2, 0.25) is 0 Å². The Labute approximate surface area is 96.5 Å². The van der Waals surface area contributed by atoms with E-state index in [9.17, 15) is 13.6 Å². The van der Waals surface area contributed by atoms with E-state index >= 15 is 0 Å². The number of carbonyl (C=O) groups excluding carboxylic acids is 1. The van der Waals surface area contributed by atoms with Crippen molar-refractivity contribution in [3.8, 4) is 5.75 Å². The van der Waals surface area contributed by atoms with E-state index in [1.165, 1.54) is 7.11 Å². The van der Waals surface area contributed by atoms with E-state index < -0.39 is 23.7 Å². The first-order valence-corrected chi connectivity index (χ1v) is 4.80. The fourth-order valence-corrected chi connectivity index (χ4v) is 1.22. The maximum absolute atomic E-state index is 12.7. The van der Waals surface area contributed by atoms with Crippen molar-refractivity contribution < 1.29 is 23.0 Å². The Bertz CT molecular complexity index is 424. The highest BCUT2D eigenvalue weighted by Gasteiger charge is 2.23. The van der Waals surface area contributed by atoms with Gasteiger partial charge in [-0.1, -0.05) is 0 Å². The van der Waals surface area contributed by atoms with Gasteiger partial charge in [0.25, 0.3) is 6.43 Å². The number of carbonyl (C=O) groups is 1. The van der Waals surface area contributed by atoms with Crippen molar-refractivity contribution in [2.24, 2.45) is 0 Å². The summed E-state index contributed by atoms with van der Waals surface area (Å²) in [6.07, 6.45) is -2.86. The Morgan fingerprint density at radius 2 is 2.24 bits per heavy atom. The monoisotopic (exact) mass is 246 g/mol. The zero-order valence-electron chi connectivity index (χ0n) is 9.37. The number of methoxy groups -OCH3 is 1. The Morgan fingerprint density at radius 3 is 2.71 bits per heavy atom. The number of aromatic nitrogens is 1. The number of anilines is 1. The molecule has 1 aromatic rings. The molecule has 0 saturated heterocycles. The summed E-state index contributed by atoms with van der Waals surface area (Å²) in [6.45, 7) is 1.63. The molecule has 0 aliphatic heterocycles. The van der Waals surface area contributed by atoms with E-state index in [0.29, 0.717) is 0 Å². The number of alkyl halides is 2. The number of pyridine rings is 1. The van der Waals surface area contributed by atoms with Crippen LogP contribution >= 0.6 is 0 Å². The van der Waals surface area contributed by atoms with Crippen LogP contribution in [0, 0.1) is 0 Å². The second kappa shape index (κ2) is 5.42. The minimum absolute atomic E-state index is 0.00616. The summed E-state index contributed by atoms with van der Waals surface area (Å²) in [5.74, 6) is -1.08. The summed E-state index contributed by atoms with van der Waals surface area (Å²) in [7, 11) is 1.27. The molecule has 0 saturated carbocycles. The van der Waals surface area contributed by atoms with Crippen LogP contribution in [0.4, 0.5) is 14.6 Å². The lowest BCUT2D eigenvalue weighted by Gasteiger charge is -2.11. The molecule has 0 bridgehead atoms. The number of rotatable bonds is 4. The number of hydrogen-bond donors (Lipinski definition) is 1. The minimum Gasteiger partial charge on any atom is -0.493 e. The zero-order valence-corrected chi connectivity index (χ0v) is 9.37. The average Bonchev–Trinajstić information content (AvgIpc) is 2.28. The van der Waals surface area contributed by atoms with Gasteiger partial charge in [-0.2, -0.15) is 0 Å². The SMILES string of the molecule is CCOC(=O)c1nc(N)c(OC)cc1C(F)F. The quantitative estimate of drug-likeness (QED) is 0.820. The van der Waals surface area contributed by atoms with Gasteiger partial charge < -0.3 is 15.2 Å². The zero-order chi connectivity index (χ0) is 13.0. The van der Waals surface area contributed by atoms with Gasteiger partial charge in [0.2, 0.25) is 0 Å². The maximum Gasteiger partial charge on any atom is 0.357 e. The third-order valence-corrected chi connectivity index (χ3v) is 1.97. The molecule has 0 fully saturated rings. The number of nitrogens with zero attached hydrogens (tertiary/aromatic N) is 1. The second-order valence-corrected chi connectivity index (χ2v) is 3.03. The van der Waals surface area contributed by atoms with E-state index in [0.717, 1.165) is 6.07 Å². The minimum atomic E-state index is -2.86. The number of hydrogen-bond acceptors (Lipinski definition) is 5. The van der Waals surface area contributed by atoms with E-state index in [4.69, 9.17) is 10.5 Å². The van der Waals surface area contributed by atoms with Crippen LogP contribution in [0.5, 0.6) is 5.75 Å². The van der Waals surface area contributed by atoms with Gasteiger partial charge in [-0.25, -0.2) is 18.6 Å². The normalized spacial score (nSPS) is 10.4. The highest BCUT2D eigenvalue weighted by molar-refractivity contribution is 5.90. The summed E-state index contributed by atoms with van der Waals surface area (Å²) in [5, 5.41) is 0. The van der Waals surface area contributed by atoms with Crippen molar-refractivity contribution >= 4 is 11.8 Å². The Hall–Kier alpha value is -1.92. The fraction of sp³-hybridized carbons (Fsp3) is 0.400. The molecule has 0 aromatic carbocycles. The fourth-order valence-electron chi connectivity index (χ4n) is 1.22. The summed E-state index contributed by atoms with van der Waals surface area (Å²) >= 11 is 0. The van der Waals surface area contributed by atoms with Crippen molar-refractivity contribution in [2.75, 3.05) is 19.5 Å². The molecule has 0 radical (unpaired) electrons. The van der Waals surface area contributed by atoms with Crippen LogP contribution < -0.4 is 10.5 Å². The Kier molecular flexibility index (Phi) is 4.19. The van der Waals surface area contributed by atoms with E-state index in [1.54, 1.807) is 6.92 Å². The van der Waals surface area contributed by atoms with Gasteiger partial charge in [-0.15, -0.1) is 0 Å². The molecule has 1 rings (SSSR count). The number of ether oxygens (including phenoxy) is 2. The molecule has 0 amide bonds. The molecule has 7 heteroatoms.